The van der Waals surface area contributed by atoms with E-state index in [1.165, 1.54) is 6.07 Å². The van der Waals surface area contributed by atoms with Gasteiger partial charge >= 0.3 is 0 Å². The highest BCUT2D eigenvalue weighted by Gasteiger charge is 2.20. The first-order valence-corrected chi connectivity index (χ1v) is 6.80. The van der Waals surface area contributed by atoms with Crippen LogP contribution in [-0.2, 0) is 0 Å². The normalized spacial score (nSPS) is 14.0. The van der Waals surface area contributed by atoms with Gasteiger partial charge in [0.05, 0.1) is 18.0 Å². The second-order valence-corrected chi connectivity index (χ2v) is 4.90. The van der Waals surface area contributed by atoms with Crippen molar-refractivity contribution in [3.8, 4) is 5.75 Å². The predicted molar refractivity (Wildman–Crippen MR) is 81.0 cm³/mol. The molecule has 0 radical (unpaired) electrons. The molecule has 3 N–H and O–H groups in total. The Balaban J connectivity index is 2.06. The maximum Gasteiger partial charge on any atom is 0.147 e. The van der Waals surface area contributed by atoms with Gasteiger partial charge in [0.25, 0.3) is 0 Å². The highest BCUT2D eigenvalue weighted by Crippen LogP contribution is 2.36. The third kappa shape index (κ3) is 2.54. The summed E-state index contributed by atoms with van der Waals surface area (Å²) in [6.07, 6.45) is 0.808. The van der Waals surface area contributed by atoms with Crippen LogP contribution in [0.25, 0.3) is 0 Å². The number of anilines is 2. The Morgan fingerprint density at radius 2 is 2.00 bits per heavy atom. The summed E-state index contributed by atoms with van der Waals surface area (Å²) in [6.45, 7) is 1.29. The molecule has 4 nitrogen and oxygen atoms in total. The molecule has 1 heterocycles. The van der Waals surface area contributed by atoms with Crippen LogP contribution in [0, 0.1) is 11.2 Å². The van der Waals surface area contributed by atoms with Crippen molar-refractivity contribution in [2.45, 2.75) is 6.42 Å². The van der Waals surface area contributed by atoms with Crippen molar-refractivity contribution < 1.29 is 9.13 Å². The third-order valence-electron chi connectivity index (χ3n) is 3.49. The van der Waals surface area contributed by atoms with E-state index in [0.29, 0.717) is 24.4 Å². The maximum atomic E-state index is 14.4. The molecular weight excluding hydrogens is 269 g/mol. The van der Waals surface area contributed by atoms with Crippen LogP contribution in [0.15, 0.2) is 42.5 Å². The van der Waals surface area contributed by atoms with Crippen molar-refractivity contribution in [1.29, 1.82) is 5.41 Å². The van der Waals surface area contributed by atoms with Crippen molar-refractivity contribution in [2.75, 3.05) is 18.1 Å². The lowest BCUT2D eigenvalue weighted by atomic mass is 10.1. The molecule has 0 saturated heterocycles. The largest absolute Gasteiger partial charge is 0.491 e. The summed E-state index contributed by atoms with van der Waals surface area (Å²) in [6, 6.07) is 12.2. The van der Waals surface area contributed by atoms with Gasteiger partial charge in [-0.15, -0.1) is 0 Å². The summed E-state index contributed by atoms with van der Waals surface area (Å²) in [5, 5.41) is 7.38. The first-order valence-electron chi connectivity index (χ1n) is 6.80. The number of nitrogens with two attached hydrogens (primary N) is 1. The second-order valence-electron chi connectivity index (χ2n) is 4.90. The van der Waals surface area contributed by atoms with Crippen LogP contribution in [0.1, 0.15) is 12.0 Å². The number of benzene rings is 2. The molecule has 5 heteroatoms. The number of nitrogens with one attached hydrogen (secondary N) is 1. The highest BCUT2D eigenvalue weighted by atomic mass is 19.1. The van der Waals surface area contributed by atoms with Gasteiger partial charge in [-0.05, 0) is 36.8 Å². The molecule has 0 unspecified atom stereocenters. The molecule has 0 aromatic heterocycles. The minimum Gasteiger partial charge on any atom is -0.491 e. The lowest BCUT2D eigenvalue weighted by molar-refractivity contribution is 0.322. The molecule has 2 aromatic rings. The zero-order valence-corrected chi connectivity index (χ0v) is 11.5. The number of amidine groups is 1. The number of rotatable bonds is 2. The lowest BCUT2D eigenvalue weighted by Gasteiger charge is -2.24. The molecular formula is C16H16FN3O. The van der Waals surface area contributed by atoms with E-state index < -0.39 is 0 Å². The molecule has 1 aliphatic heterocycles. The first-order chi connectivity index (χ1) is 10.2. The summed E-state index contributed by atoms with van der Waals surface area (Å²) >= 11 is 0. The van der Waals surface area contributed by atoms with Crippen LogP contribution < -0.4 is 15.4 Å². The molecule has 1 aliphatic rings. The zero-order chi connectivity index (χ0) is 14.8. The zero-order valence-electron chi connectivity index (χ0n) is 11.5. The fraction of sp³-hybridized carbons (Fsp3) is 0.188. The SMILES string of the molecule is N=C(N)c1ccc(N2CCCOc3ccccc32)c(F)c1. The van der Waals surface area contributed by atoms with Crippen molar-refractivity contribution in [1.82, 2.24) is 0 Å². The van der Waals surface area contributed by atoms with Crippen molar-refractivity contribution in [2.24, 2.45) is 5.73 Å². The topological polar surface area (TPSA) is 62.3 Å². The Kier molecular flexibility index (Phi) is 3.48. The van der Waals surface area contributed by atoms with Gasteiger partial charge in [-0.25, -0.2) is 4.39 Å². The molecule has 2 aromatic carbocycles. The maximum absolute atomic E-state index is 14.4. The Bertz CT molecular complexity index is 687. The molecule has 0 bridgehead atoms. The minimum absolute atomic E-state index is 0.139. The van der Waals surface area contributed by atoms with Crippen LogP contribution >= 0.6 is 0 Å². The van der Waals surface area contributed by atoms with Crippen LogP contribution in [0.5, 0.6) is 5.75 Å². The quantitative estimate of drug-likeness (QED) is 0.658. The number of halogens is 1. The number of nitrogen functional groups attached to an aromatic ring is 1. The van der Waals surface area contributed by atoms with Gasteiger partial charge in [-0.1, -0.05) is 12.1 Å². The monoisotopic (exact) mass is 285 g/mol. The van der Waals surface area contributed by atoms with E-state index in [1.54, 1.807) is 12.1 Å². The average molecular weight is 285 g/mol. The van der Waals surface area contributed by atoms with Gasteiger partial charge in [-0.2, -0.15) is 0 Å². The van der Waals surface area contributed by atoms with Crippen molar-refractivity contribution >= 4 is 17.2 Å². The van der Waals surface area contributed by atoms with Gasteiger partial charge in [0, 0.05) is 12.1 Å². The third-order valence-corrected chi connectivity index (χ3v) is 3.49. The molecule has 3 rings (SSSR count). The van der Waals surface area contributed by atoms with E-state index in [2.05, 4.69) is 0 Å². The summed E-state index contributed by atoms with van der Waals surface area (Å²) < 4.78 is 20.1. The van der Waals surface area contributed by atoms with Crippen molar-refractivity contribution in [3.05, 3.63) is 53.8 Å². The van der Waals surface area contributed by atoms with E-state index >= 15 is 0 Å². The number of para-hydroxylation sites is 2. The molecule has 0 fully saturated rings. The Labute approximate surface area is 122 Å². The van der Waals surface area contributed by atoms with E-state index in [-0.39, 0.29) is 11.7 Å². The molecule has 21 heavy (non-hydrogen) atoms. The Hall–Kier alpha value is -2.56. The smallest absolute Gasteiger partial charge is 0.147 e. The van der Waals surface area contributed by atoms with Gasteiger partial charge in [-0.3, -0.25) is 5.41 Å². The van der Waals surface area contributed by atoms with Gasteiger partial charge in [0.2, 0.25) is 0 Å². The molecule has 0 aliphatic carbocycles. The molecule has 0 saturated carbocycles. The number of ether oxygens (including phenoxy) is 1. The van der Waals surface area contributed by atoms with Crippen LogP contribution in [0.2, 0.25) is 0 Å². The molecule has 0 amide bonds. The fourth-order valence-electron chi connectivity index (χ4n) is 2.47. The second kappa shape index (κ2) is 5.44. The van der Waals surface area contributed by atoms with Crippen LogP contribution in [0.4, 0.5) is 15.8 Å². The molecule has 0 atom stereocenters. The van der Waals surface area contributed by atoms with E-state index in [9.17, 15) is 4.39 Å². The Morgan fingerprint density at radius 3 is 2.76 bits per heavy atom. The van der Waals surface area contributed by atoms with E-state index in [0.717, 1.165) is 17.9 Å². The fourth-order valence-corrected chi connectivity index (χ4v) is 2.47. The molecule has 108 valence electrons. The number of hydrogen-bond donors (Lipinski definition) is 2. The Morgan fingerprint density at radius 1 is 1.19 bits per heavy atom. The van der Waals surface area contributed by atoms with E-state index in [1.807, 2.05) is 29.2 Å². The summed E-state index contributed by atoms with van der Waals surface area (Å²) in [5.41, 5.74) is 7.10. The summed E-state index contributed by atoms with van der Waals surface area (Å²) in [7, 11) is 0. The van der Waals surface area contributed by atoms with Gasteiger partial charge in [0.1, 0.15) is 17.4 Å². The van der Waals surface area contributed by atoms with Crippen LogP contribution in [0.3, 0.4) is 0 Å². The molecule has 0 spiro atoms. The van der Waals surface area contributed by atoms with Crippen LogP contribution in [-0.4, -0.2) is 19.0 Å². The summed E-state index contributed by atoms with van der Waals surface area (Å²) in [5.74, 6) is 0.226. The minimum atomic E-state index is -0.389. The standard InChI is InChI=1S/C16H16FN3O/c17-12-10-11(16(18)19)6-7-13(12)20-8-3-9-21-15-5-2-1-4-14(15)20/h1-2,4-7,10H,3,8-9H2,(H3,18,19). The van der Waals surface area contributed by atoms with Gasteiger partial charge in [0.15, 0.2) is 0 Å². The lowest BCUT2D eigenvalue weighted by Crippen LogP contribution is -2.19. The highest BCUT2D eigenvalue weighted by molar-refractivity contribution is 5.95. The number of fused-ring (bicyclic) bond motifs is 1. The first kappa shape index (κ1) is 13.4. The predicted octanol–water partition coefficient (Wildman–Crippen LogP) is 3.03. The van der Waals surface area contributed by atoms with Gasteiger partial charge < -0.3 is 15.4 Å². The number of hydrogen-bond acceptors (Lipinski definition) is 3. The number of nitrogens with zero attached hydrogens (tertiary/aromatic N) is 1. The van der Waals surface area contributed by atoms with E-state index in [4.69, 9.17) is 15.9 Å². The summed E-state index contributed by atoms with van der Waals surface area (Å²) in [4.78, 5) is 1.90. The average Bonchev–Trinajstić information content (AvgIpc) is 2.69. The van der Waals surface area contributed by atoms with Crippen molar-refractivity contribution in [3.63, 3.8) is 0 Å².